The van der Waals surface area contributed by atoms with Gasteiger partial charge in [0.25, 0.3) is 11.8 Å². The fourth-order valence-electron chi connectivity index (χ4n) is 5.94. The standard InChI is InChI=1S/C29H28N4O4/c30-21-8-5-19(6-9-21)27(36)32-14-12-29(13-15-32)16-20(29)7-4-18-2-1-3-22-23(18)17-33(28(22)37)24-10-11-25(34)31-26(24)35/h1-3,5-6,8-9,20,24H,10-17,30H2,(H,31,34,35)/t20-,24?/m0/s1. The molecule has 37 heavy (non-hydrogen) atoms. The molecule has 188 valence electrons. The quantitative estimate of drug-likeness (QED) is 0.377. The molecule has 2 aromatic rings. The number of hydrogen-bond acceptors (Lipinski definition) is 5. The molecule has 1 spiro atoms. The lowest BCUT2D eigenvalue weighted by Crippen LogP contribution is -2.52. The van der Waals surface area contributed by atoms with Crippen LogP contribution in [0.2, 0.25) is 0 Å². The van der Waals surface area contributed by atoms with Crippen molar-refractivity contribution in [3.63, 3.8) is 0 Å². The summed E-state index contributed by atoms with van der Waals surface area (Å²) in [5.41, 5.74) is 9.46. The van der Waals surface area contributed by atoms with Gasteiger partial charge in [-0.2, -0.15) is 0 Å². The number of fused-ring (bicyclic) bond motifs is 1. The third-order valence-electron chi connectivity index (χ3n) is 8.36. The van der Waals surface area contributed by atoms with E-state index in [1.165, 1.54) is 0 Å². The van der Waals surface area contributed by atoms with Gasteiger partial charge >= 0.3 is 0 Å². The SMILES string of the molecule is Nc1ccc(C(=O)N2CCC3(CC2)C[C@@H]3C#Cc2cccc3c2CN(C2CCC(=O)NC2=O)C3=O)cc1. The van der Waals surface area contributed by atoms with Crippen molar-refractivity contribution in [2.45, 2.75) is 44.7 Å². The molecule has 3 heterocycles. The van der Waals surface area contributed by atoms with Gasteiger partial charge in [0.2, 0.25) is 11.8 Å². The number of imide groups is 1. The van der Waals surface area contributed by atoms with Crippen molar-refractivity contribution in [3.05, 3.63) is 64.7 Å². The molecule has 4 aliphatic rings. The highest BCUT2D eigenvalue weighted by Crippen LogP contribution is 2.59. The molecule has 2 atom stereocenters. The summed E-state index contributed by atoms with van der Waals surface area (Å²) < 4.78 is 0. The fraction of sp³-hybridized carbons (Fsp3) is 0.379. The monoisotopic (exact) mass is 496 g/mol. The molecule has 3 aliphatic heterocycles. The first-order valence-electron chi connectivity index (χ1n) is 12.8. The van der Waals surface area contributed by atoms with Gasteiger partial charge in [-0.25, -0.2) is 0 Å². The number of nitrogens with two attached hydrogens (primary N) is 1. The van der Waals surface area contributed by atoms with Crippen LogP contribution >= 0.6 is 0 Å². The van der Waals surface area contributed by atoms with Crippen molar-refractivity contribution in [2.75, 3.05) is 18.8 Å². The van der Waals surface area contributed by atoms with Gasteiger partial charge in [0.1, 0.15) is 6.04 Å². The van der Waals surface area contributed by atoms with Crippen LogP contribution in [-0.2, 0) is 16.1 Å². The number of rotatable bonds is 2. The molecule has 1 saturated carbocycles. The second-order valence-corrected chi connectivity index (χ2v) is 10.5. The Morgan fingerprint density at radius 1 is 1.05 bits per heavy atom. The first-order chi connectivity index (χ1) is 17.8. The topological polar surface area (TPSA) is 113 Å². The lowest BCUT2D eigenvalue weighted by atomic mass is 9.90. The summed E-state index contributed by atoms with van der Waals surface area (Å²) in [6.07, 6.45) is 3.47. The zero-order valence-electron chi connectivity index (χ0n) is 20.5. The molecule has 2 saturated heterocycles. The van der Waals surface area contributed by atoms with Crippen LogP contribution in [0.5, 0.6) is 0 Å². The van der Waals surface area contributed by atoms with E-state index in [1.807, 2.05) is 17.0 Å². The van der Waals surface area contributed by atoms with Crippen LogP contribution in [0.1, 0.15) is 63.9 Å². The van der Waals surface area contributed by atoms with Crippen molar-refractivity contribution in [3.8, 4) is 11.8 Å². The number of nitrogen functional groups attached to an aromatic ring is 1. The van der Waals surface area contributed by atoms with Crippen molar-refractivity contribution in [2.24, 2.45) is 11.3 Å². The van der Waals surface area contributed by atoms with Crippen LogP contribution in [0.25, 0.3) is 0 Å². The average molecular weight is 497 g/mol. The highest BCUT2D eigenvalue weighted by molar-refractivity contribution is 6.05. The van der Waals surface area contributed by atoms with E-state index in [1.54, 1.807) is 35.2 Å². The maximum absolute atomic E-state index is 13.0. The number of benzene rings is 2. The van der Waals surface area contributed by atoms with Gasteiger partial charge in [-0.3, -0.25) is 24.5 Å². The van der Waals surface area contributed by atoms with E-state index in [2.05, 4.69) is 17.2 Å². The number of carbonyl (C=O) groups excluding carboxylic acids is 4. The normalized spacial score (nSPS) is 23.8. The van der Waals surface area contributed by atoms with E-state index in [9.17, 15) is 19.2 Å². The third kappa shape index (κ3) is 4.14. The van der Waals surface area contributed by atoms with Gasteiger partial charge in [-0.05, 0) is 73.1 Å². The molecule has 0 bridgehead atoms. The maximum Gasteiger partial charge on any atom is 0.255 e. The summed E-state index contributed by atoms with van der Waals surface area (Å²) in [6.45, 7) is 1.76. The number of nitrogens with one attached hydrogen (secondary N) is 1. The van der Waals surface area contributed by atoms with Gasteiger partial charge in [0.05, 0.1) is 0 Å². The highest BCUT2D eigenvalue weighted by atomic mass is 16.2. The molecule has 8 nitrogen and oxygen atoms in total. The smallest absolute Gasteiger partial charge is 0.255 e. The van der Waals surface area contributed by atoms with Crippen LogP contribution < -0.4 is 11.1 Å². The average Bonchev–Trinajstić information content (AvgIpc) is 3.45. The Hall–Kier alpha value is -4.12. The van der Waals surface area contributed by atoms with Gasteiger partial charge in [-0.1, -0.05) is 17.9 Å². The number of amides is 4. The Bertz CT molecular complexity index is 1380. The zero-order chi connectivity index (χ0) is 25.7. The van der Waals surface area contributed by atoms with Crippen molar-refractivity contribution in [1.29, 1.82) is 0 Å². The first-order valence-corrected chi connectivity index (χ1v) is 12.8. The first kappa shape index (κ1) is 23.3. The Morgan fingerprint density at radius 3 is 2.54 bits per heavy atom. The number of nitrogens with zero attached hydrogens (tertiary/aromatic N) is 2. The zero-order valence-corrected chi connectivity index (χ0v) is 20.5. The molecule has 0 radical (unpaired) electrons. The van der Waals surface area contributed by atoms with E-state index >= 15 is 0 Å². The highest BCUT2D eigenvalue weighted by Gasteiger charge is 2.54. The minimum atomic E-state index is -0.633. The second kappa shape index (κ2) is 8.77. The molecule has 4 amide bonds. The van der Waals surface area contributed by atoms with Crippen LogP contribution in [0, 0.1) is 23.2 Å². The summed E-state index contributed by atoms with van der Waals surface area (Å²) in [6, 6.07) is 12.0. The van der Waals surface area contributed by atoms with E-state index in [0.29, 0.717) is 29.8 Å². The number of likely N-dealkylation sites (tertiary alicyclic amines) is 1. The fourth-order valence-corrected chi connectivity index (χ4v) is 5.94. The van der Waals surface area contributed by atoms with Crippen molar-refractivity contribution >= 4 is 29.3 Å². The summed E-state index contributed by atoms with van der Waals surface area (Å²) in [4.78, 5) is 53.2. The summed E-state index contributed by atoms with van der Waals surface area (Å²) in [7, 11) is 0. The molecule has 0 aromatic heterocycles. The summed E-state index contributed by atoms with van der Waals surface area (Å²) >= 11 is 0. The van der Waals surface area contributed by atoms with E-state index in [0.717, 1.165) is 43.5 Å². The lowest BCUT2D eigenvalue weighted by Gasteiger charge is -2.32. The predicted molar refractivity (Wildman–Crippen MR) is 136 cm³/mol. The molecular formula is C29H28N4O4. The summed E-state index contributed by atoms with van der Waals surface area (Å²) in [5, 5.41) is 2.34. The van der Waals surface area contributed by atoms with Crippen LogP contribution in [0.3, 0.4) is 0 Å². The molecule has 1 aliphatic carbocycles. The lowest BCUT2D eigenvalue weighted by molar-refractivity contribution is -0.136. The maximum atomic E-state index is 13.0. The van der Waals surface area contributed by atoms with Gasteiger partial charge in [0.15, 0.2) is 0 Å². The number of anilines is 1. The van der Waals surface area contributed by atoms with E-state index in [-0.39, 0.29) is 35.5 Å². The Labute approximate surface area is 215 Å². The van der Waals surface area contributed by atoms with Gasteiger partial charge < -0.3 is 15.5 Å². The van der Waals surface area contributed by atoms with Crippen LogP contribution in [0.15, 0.2) is 42.5 Å². The summed E-state index contributed by atoms with van der Waals surface area (Å²) in [5.74, 6) is 6.21. The Morgan fingerprint density at radius 2 is 1.81 bits per heavy atom. The van der Waals surface area contributed by atoms with Crippen molar-refractivity contribution in [1.82, 2.24) is 15.1 Å². The molecule has 3 N–H and O–H groups in total. The molecule has 3 fully saturated rings. The number of hydrogen-bond donors (Lipinski definition) is 2. The minimum Gasteiger partial charge on any atom is -0.399 e. The molecule has 1 unspecified atom stereocenters. The molecule has 8 heteroatoms. The molecule has 2 aromatic carbocycles. The van der Waals surface area contributed by atoms with Crippen molar-refractivity contribution < 1.29 is 19.2 Å². The molecular weight excluding hydrogens is 468 g/mol. The predicted octanol–water partition coefficient (Wildman–Crippen LogP) is 2.32. The van der Waals surface area contributed by atoms with Gasteiger partial charge in [-0.15, -0.1) is 0 Å². The van der Waals surface area contributed by atoms with E-state index < -0.39 is 11.9 Å². The third-order valence-corrected chi connectivity index (χ3v) is 8.36. The van der Waals surface area contributed by atoms with Gasteiger partial charge in [0, 0.05) is 54.4 Å². The Kier molecular flexibility index (Phi) is 5.52. The molecule has 6 rings (SSSR count). The number of piperidine rings is 2. The minimum absolute atomic E-state index is 0.0446. The second-order valence-electron chi connectivity index (χ2n) is 10.5. The van der Waals surface area contributed by atoms with Crippen LogP contribution in [-0.4, -0.2) is 52.6 Å². The van der Waals surface area contributed by atoms with Crippen LogP contribution in [0.4, 0.5) is 5.69 Å². The van der Waals surface area contributed by atoms with E-state index in [4.69, 9.17) is 5.73 Å². The largest absolute Gasteiger partial charge is 0.399 e. The number of carbonyl (C=O) groups is 4. The Balaban J connectivity index is 1.11.